The molecule has 1 atom stereocenters. The van der Waals surface area contributed by atoms with Gasteiger partial charge in [0.15, 0.2) is 0 Å². The van der Waals surface area contributed by atoms with Gasteiger partial charge in [0.25, 0.3) is 0 Å². The van der Waals surface area contributed by atoms with Crippen molar-refractivity contribution in [2.75, 3.05) is 13.1 Å². The zero-order valence-electron chi connectivity index (χ0n) is 8.21. The molecule has 0 radical (unpaired) electrons. The molecule has 1 heterocycles. The maximum atomic E-state index is 11.8. The second-order valence-electron chi connectivity index (χ2n) is 3.29. The minimum absolute atomic E-state index is 0.140. The molecular formula is C8H12F3N3O. The summed E-state index contributed by atoms with van der Waals surface area (Å²) in [6.07, 6.45) is -2.00. The van der Waals surface area contributed by atoms with Crippen molar-refractivity contribution in [3.63, 3.8) is 0 Å². The Hall–Kier alpha value is -1.27. The number of nitrogens with one attached hydrogen (secondary N) is 1. The van der Waals surface area contributed by atoms with E-state index in [-0.39, 0.29) is 5.92 Å². The average molecular weight is 223 g/mol. The molecule has 4 nitrogen and oxygen atoms in total. The van der Waals surface area contributed by atoms with Gasteiger partial charge in [-0.15, -0.1) is 0 Å². The molecule has 1 rings (SSSR count). The van der Waals surface area contributed by atoms with Gasteiger partial charge in [-0.05, 0) is 6.42 Å². The van der Waals surface area contributed by atoms with E-state index in [0.29, 0.717) is 6.54 Å². The largest absolute Gasteiger partial charge is 0.405 e. The van der Waals surface area contributed by atoms with Crippen molar-refractivity contribution in [1.29, 1.82) is 0 Å². The Morgan fingerprint density at radius 1 is 1.67 bits per heavy atom. The molecule has 2 amide bonds. The lowest BCUT2D eigenvalue weighted by Crippen LogP contribution is -2.41. The van der Waals surface area contributed by atoms with Crippen molar-refractivity contribution >= 4 is 12.2 Å². The number of hydrazone groups is 1. The number of halogens is 3. The summed E-state index contributed by atoms with van der Waals surface area (Å²) in [6.45, 7) is 0.947. The van der Waals surface area contributed by atoms with Crippen LogP contribution in [0.4, 0.5) is 18.0 Å². The minimum atomic E-state index is -4.39. The molecule has 7 heteroatoms. The van der Waals surface area contributed by atoms with Crippen LogP contribution in [0.2, 0.25) is 0 Å². The van der Waals surface area contributed by atoms with Crippen LogP contribution in [0, 0.1) is 5.92 Å². The Kier molecular flexibility index (Phi) is 3.54. The van der Waals surface area contributed by atoms with E-state index in [4.69, 9.17) is 0 Å². The zero-order valence-corrected chi connectivity index (χ0v) is 8.21. The molecule has 15 heavy (non-hydrogen) atoms. The zero-order chi connectivity index (χ0) is 11.5. The molecule has 0 fully saturated rings. The van der Waals surface area contributed by atoms with E-state index in [0.717, 1.165) is 11.4 Å². The fraction of sp³-hybridized carbons (Fsp3) is 0.750. The highest BCUT2D eigenvalue weighted by Crippen LogP contribution is 2.14. The summed E-state index contributed by atoms with van der Waals surface area (Å²) < 4.78 is 35.3. The van der Waals surface area contributed by atoms with Crippen LogP contribution in [-0.2, 0) is 0 Å². The molecule has 1 aliphatic heterocycles. The van der Waals surface area contributed by atoms with E-state index in [1.807, 2.05) is 6.92 Å². The molecule has 1 unspecified atom stereocenters. The van der Waals surface area contributed by atoms with Crippen LogP contribution in [0.3, 0.4) is 0 Å². The van der Waals surface area contributed by atoms with Crippen LogP contribution < -0.4 is 5.32 Å². The summed E-state index contributed by atoms with van der Waals surface area (Å²) in [5.41, 5.74) is 0. The van der Waals surface area contributed by atoms with Crippen molar-refractivity contribution < 1.29 is 18.0 Å². The van der Waals surface area contributed by atoms with Crippen molar-refractivity contribution in [3.8, 4) is 0 Å². The second kappa shape index (κ2) is 4.50. The summed E-state index contributed by atoms with van der Waals surface area (Å²) in [7, 11) is 0. The lowest BCUT2D eigenvalue weighted by molar-refractivity contribution is -0.123. The Bertz CT molecular complexity index is 264. The van der Waals surface area contributed by atoms with Gasteiger partial charge in [-0.2, -0.15) is 18.3 Å². The number of hydrogen-bond donors (Lipinski definition) is 1. The Labute approximate surface area is 85.1 Å². The van der Waals surface area contributed by atoms with Crippen LogP contribution in [-0.4, -0.2) is 36.5 Å². The lowest BCUT2D eigenvalue weighted by atomic mass is 10.1. The van der Waals surface area contributed by atoms with Gasteiger partial charge >= 0.3 is 12.2 Å². The number of amides is 2. The average Bonchev–Trinajstić information content (AvgIpc) is 2.61. The molecule has 0 bridgehead atoms. The SMILES string of the molecule is CCC1C=NN(C(=O)NCC(F)(F)F)C1. The van der Waals surface area contributed by atoms with E-state index in [2.05, 4.69) is 5.10 Å². The summed E-state index contributed by atoms with van der Waals surface area (Å²) in [5, 5.41) is 6.49. The summed E-state index contributed by atoms with van der Waals surface area (Å²) >= 11 is 0. The topological polar surface area (TPSA) is 44.7 Å². The minimum Gasteiger partial charge on any atom is -0.327 e. The van der Waals surface area contributed by atoms with Crippen LogP contribution in [0.25, 0.3) is 0 Å². The van der Waals surface area contributed by atoms with Crippen molar-refractivity contribution in [1.82, 2.24) is 10.3 Å². The van der Waals surface area contributed by atoms with Gasteiger partial charge < -0.3 is 5.32 Å². The molecule has 0 aromatic heterocycles. The van der Waals surface area contributed by atoms with Gasteiger partial charge in [0.1, 0.15) is 6.54 Å². The number of hydrogen-bond acceptors (Lipinski definition) is 2. The molecule has 0 saturated carbocycles. The first-order valence-corrected chi connectivity index (χ1v) is 4.58. The first-order chi connectivity index (χ1) is 6.92. The number of rotatable bonds is 2. The van der Waals surface area contributed by atoms with Crippen molar-refractivity contribution in [2.24, 2.45) is 11.0 Å². The highest BCUT2D eigenvalue weighted by Gasteiger charge is 2.30. The third kappa shape index (κ3) is 3.77. The maximum Gasteiger partial charge on any atom is 0.405 e. The standard InChI is InChI=1S/C8H12F3N3O/c1-2-6-3-13-14(4-6)7(15)12-5-8(9,10)11/h3,6H,2,4-5H2,1H3,(H,12,15). The highest BCUT2D eigenvalue weighted by atomic mass is 19.4. The molecule has 0 spiro atoms. The molecular weight excluding hydrogens is 211 g/mol. The molecule has 86 valence electrons. The number of alkyl halides is 3. The first-order valence-electron chi connectivity index (χ1n) is 4.58. The van der Waals surface area contributed by atoms with E-state index < -0.39 is 18.8 Å². The molecule has 0 aromatic rings. The predicted molar refractivity (Wildman–Crippen MR) is 48.4 cm³/mol. The van der Waals surface area contributed by atoms with E-state index in [1.54, 1.807) is 11.5 Å². The van der Waals surface area contributed by atoms with Crippen LogP contribution >= 0.6 is 0 Å². The fourth-order valence-corrected chi connectivity index (χ4v) is 1.13. The molecule has 1 N–H and O–H groups in total. The second-order valence-corrected chi connectivity index (χ2v) is 3.29. The van der Waals surface area contributed by atoms with Gasteiger partial charge in [0.05, 0.1) is 6.54 Å². The van der Waals surface area contributed by atoms with Gasteiger partial charge in [0.2, 0.25) is 0 Å². The normalized spacial score (nSPS) is 20.8. The maximum absolute atomic E-state index is 11.8. The monoisotopic (exact) mass is 223 g/mol. The van der Waals surface area contributed by atoms with Gasteiger partial charge in [0, 0.05) is 12.1 Å². The summed E-state index contributed by atoms with van der Waals surface area (Å²) in [4.78, 5) is 11.2. The number of nitrogens with zero attached hydrogens (tertiary/aromatic N) is 2. The van der Waals surface area contributed by atoms with E-state index in [9.17, 15) is 18.0 Å². The number of urea groups is 1. The third-order valence-electron chi connectivity index (χ3n) is 2.02. The quantitative estimate of drug-likeness (QED) is 0.759. The fourth-order valence-electron chi connectivity index (χ4n) is 1.13. The van der Waals surface area contributed by atoms with Gasteiger partial charge in [-0.25, -0.2) is 9.80 Å². The number of carbonyl (C=O) groups excluding carboxylic acids is 1. The van der Waals surface area contributed by atoms with Crippen LogP contribution in [0.15, 0.2) is 5.10 Å². The van der Waals surface area contributed by atoms with Crippen LogP contribution in [0.1, 0.15) is 13.3 Å². The highest BCUT2D eigenvalue weighted by molar-refractivity contribution is 5.77. The third-order valence-corrected chi connectivity index (χ3v) is 2.02. The van der Waals surface area contributed by atoms with Gasteiger partial charge in [-0.3, -0.25) is 0 Å². The van der Waals surface area contributed by atoms with Gasteiger partial charge in [-0.1, -0.05) is 6.92 Å². The predicted octanol–water partition coefficient (Wildman–Crippen LogP) is 1.59. The van der Waals surface area contributed by atoms with Crippen molar-refractivity contribution in [2.45, 2.75) is 19.5 Å². The molecule has 1 aliphatic rings. The molecule has 0 saturated heterocycles. The van der Waals surface area contributed by atoms with Crippen LogP contribution in [0.5, 0.6) is 0 Å². The number of carbonyl (C=O) groups is 1. The smallest absolute Gasteiger partial charge is 0.327 e. The Morgan fingerprint density at radius 3 is 2.80 bits per heavy atom. The Morgan fingerprint density at radius 2 is 2.33 bits per heavy atom. The van der Waals surface area contributed by atoms with E-state index >= 15 is 0 Å². The van der Waals surface area contributed by atoms with E-state index in [1.165, 1.54) is 0 Å². The first kappa shape index (κ1) is 11.8. The molecule has 0 aliphatic carbocycles. The Balaban J connectivity index is 2.34. The molecule has 0 aromatic carbocycles. The lowest BCUT2D eigenvalue weighted by Gasteiger charge is -2.15. The summed E-state index contributed by atoms with van der Waals surface area (Å²) in [5.74, 6) is 0.140. The summed E-state index contributed by atoms with van der Waals surface area (Å²) in [6, 6.07) is -0.806. The van der Waals surface area contributed by atoms with Crippen molar-refractivity contribution in [3.05, 3.63) is 0 Å².